The van der Waals surface area contributed by atoms with Crippen LogP contribution >= 0.6 is 11.3 Å². The molecule has 0 spiro atoms. The minimum Gasteiger partial charge on any atom is -0.465 e. The number of methoxy groups -OCH3 is 1. The first-order chi connectivity index (χ1) is 9.19. The quantitative estimate of drug-likeness (QED) is 0.861. The fraction of sp³-hybridized carbons (Fsp3) is 0.643. The van der Waals surface area contributed by atoms with Gasteiger partial charge in [-0.2, -0.15) is 0 Å². The second-order valence-electron chi connectivity index (χ2n) is 4.84. The number of ether oxygens (including phenoxy) is 1. The molecule has 0 saturated carbocycles. The number of carbonyl (C=O) groups is 1. The lowest BCUT2D eigenvalue weighted by molar-refractivity contribution is 0.0600. The number of anilines is 1. The van der Waals surface area contributed by atoms with E-state index in [0.717, 1.165) is 25.2 Å². The zero-order valence-electron chi connectivity index (χ0n) is 11.9. The maximum Gasteiger partial charge on any atom is 0.339 e. The Kier molecular flexibility index (Phi) is 4.82. The first-order valence-corrected chi connectivity index (χ1v) is 7.70. The molecule has 5 heteroatoms. The van der Waals surface area contributed by atoms with Crippen LogP contribution in [-0.2, 0) is 4.74 Å². The summed E-state index contributed by atoms with van der Waals surface area (Å²) in [6.45, 7) is 7.33. The predicted octanol–water partition coefficient (Wildman–Crippen LogP) is 2.42. The van der Waals surface area contributed by atoms with Gasteiger partial charge in [-0.25, -0.2) is 4.79 Å². The fourth-order valence-corrected chi connectivity index (χ4v) is 3.89. The van der Waals surface area contributed by atoms with Gasteiger partial charge in [-0.3, -0.25) is 0 Å². The lowest BCUT2D eigenvalue weighted by Crippen LogP contribution is -2.43. The first-order valence-electron chi connectivity index (χ1n) is 6.82. The zero-order valence-corrected chi connectivity index (χ0v) is 12.7. The van der Waals surface area contributed by atoms with Crippen LogP contribution in [0.2, 0.25) is 0 Å². The van der Waals surface area contributed by atoms with E-state index in [1.807, 2.05) is 12.3 Å². The Morgan fingerprint density at radius 2 is 2.21 bits per heavy atom. The summed E-state index contributed by atoms with van der Waals surface area (Å²) >= 11 is 1.65. The third-order valence-electron chi connectivity index (χ3n) is 3.77. The minimum absolute atomic E-state index is 0.235. The average Bonchev–Trinajstić information content (AvgIpc) is 2.82. The molecule has 0 aliphatic carbocycles. The van der Waals surface area contributed by atoms with Crippen molar-refractivity contribution in [1.29, 1.82) is 0 Å². The molecule has 1 aromatic heterocycles. The Labute approximate surface area is 118 Å². The smallest absolute Gasteiger partial charge is 0.339 e. The van der Waals surface area contributed by atoms with Gasteiger partial charge in [-0.15, -0.1) is 11.3 Å². The van der Waals surface area contributed by atoms with Crippen molar-refractivity contribution in [3.8, 4) is 0 Å². The Morgan fingerprint density at radius 3 is 2.79 bits per heavy atom. The van der Waals surface area contributed by atoms with Gasteiger partial charge in [0.2, 0.25) is 0 Å². The third kappa shape index (κ3) is 2.92. The van der Waals surface area contributed by atoms with E-state index in [1.165, 1.54) is 25.0 Å². The van der Waals surface area contributed by atoms with Crippen LogP contribution in [0.4, 0.5) is 5.00 Å². The Balaban J connectivity index is 2.23. The summed E-state index contributed by atoms with van der Waals surface area (Å²) in [6.07, 6.45) is 2.33. The summed E-state index contributed by atoms with van der Waals surface area (Å²) in [5.41, 5.74) is 1.76. The maximum absolute atomic E-state index is 11.7. The molecular weight excluding hydrogens is 260 g/mol. The number of esters is 1. The standard InChI is InChI=1S/C14H22N2O2S/c1-4-16(11-5-7-15-8-6-11)13-10(2)12(9-19-13)14(17)18-3/h9,11,15H,4-8H2,1-3H3. The monoisotopic (exact) mass is 282 g/mol. The number of nitrogens with one attached hydrogen (secondary N) is 1. The van der Waals surface area contributed by atoms with Gasteiger partial charge in [0, 0.05) is 18.0 Å². The van der Waals surface area contributed by atoms with E-state index in [9.17, 15) is 4.79 Å². The Bertz CT molecular complexity index is 439. The van der Waals surface area contributed by atoms with E-state index in [0.29, 0.717) is 11.6 Å². The van der Waals surface area contributed by atoms with Crippen LogP contribution in [0, 0.1) is 6.92 Å². The highest BCUT2D eigenvalue weighted by molar-refractivity contribution is 7.14. The number of hydrogen-bond acceptors (Lipinski definition) is 5. The van der Waals surface area contributed by atoms with Gasteiger partial charge in [-0.05, 0) is 45.3 Å². The highest BCUT2D eigenvalue weighted by Crippen LogP contribution is 2.34. The van der Waals surface area contributed by atoms with E-state index < -0.39 is 0 Å². The largest absolute Gasteiger partial charge is 0.465 e. The summed E-state index contributed by atoms with van der Waals surface area (Å²) in [5, 5.41) is 6.53. The minimum atomic E-state index is -0.235. The SMILES string of the molecule is CCN(c1scc(C(=O)OC)c1C)C1CCNCC1. The number of rotatable bonds is 4. The molecule has 4 nitrogen and oxygen atoms in total. The van der Waals surface area contributed by atoms with Crippen molar-refractivity contribution >= 4 is 22.3 Å². The number of hydrogen-bond donors (Lipinski definition) is 1. The van der Waals surface area contributed by atoms with Crippen molar-refractivity contribution < 1.29 is 9.53 Å². The van der Waals surface area contributed by atoms with Gasteiger partial charge in [-0.1, -0.05) is 0 Å². The molecule has 1 fully saturated rings. The van der Waals surface area contributed by atoms with Crippen molar-refractivity contribution in [2.45, 2.75) is 32.7 Å². The normalized spacial score (nSPS) is 16.4. The molecule has 0 aromatic carbocycles. The topological polar surface area (TPSA) is 41.6 Å². The van der Waals surface area contributed by atoms with Gasteiger partial charge in [0.15, 0.2) is 0 Å². The van der Waals surface area contributed by atoms with Crippen LogP contribution in [0.25, 0.3) is 0 Å². The van der Waals surface area contributed by atoms with Crippen LogP contribution in [0.3, 0.4) is 0 Å². The van der Waals surface area contributed by atoms with Gasteiger partial charge in [0.1, 0.15) is 0 Å². The molecule has 2 rings (SSSR count). The second-order valence-corrected chi connectivity index (χ2v) is 5.70. The van der Waals surface area contributed by atoms with Crippen molar-refractivity contribution in [2.24, 2.45) is 0 Å². The summed E-state index contributed by atoms with van der Waals surface area (Å²) in [7, 11) is 1.43. The van der Waals surface area contributed by atoms with E-state index in [2.05, 4.69) is 17.1 Å². The molecule has 1 aliphatic heterocycles. The number of nitrogens with zero attached hydrogens (tertiary/aromatic N) is 1. The molecule has 106 valence electrons. The number of thiophene rings is 1. The fourth-order valence-electron chi connectivity index (χ4n) is 2.69. The number of piperidine rings is 1. The summed E-state index contributed by atoms with van der Waals surface area (Å²) in [6, 6.07) is 0.578. The average molecular weight is 282 g/mol. The lowest BCUT2D eigenvalue weighted by Gasteiger charge is -2.35. The van der Waals surface area contributed by atoms with Crippen LogP contribution in [-0.4, -0.2) is 38.8 Å². The molecule has 1 N–H and O–H groups in total. The third-order valence-corrected chi connectivity index (χ3v) is 4.89. The van der Waals surface area contributed by atoms with Crippen molar-refractivity contribution in [3.63, 3.8) is 0 Å². The molecule has 0 atom stereocenters. The first kappa shape index (κ1) is 14.3. The van der Waals surface area contributed by atoms with Gasteiger partial charge < -0.3 is 15.0 Å². The lowest BCUT2D eigenvalue weighted by atomic mass is 10.0. The zero-order chi connectivity index (χ0) is 13.8. The van der Waals surface area contributed by atoms with Crippen LogP contribution in [0.15, 0.2) is 5.38 Å². The highest BCUT2D eigenvalue weighted by Gasteiger charge is 2.24. The van der Waals surface area contributed by atoms with E-state index >= 15 is 0 Å². The molecule has 0 amide bonds. The molecule has 1 aromatic rings. The van der Waals surface area contributed by atoms with Gasteiger partial charge in [0.25, 0.3) is 0 Å². The highest BCUT2D eigenvalue weighted by atomic mass is 32.1. The van der Waals surface area contributed by atoms with E-state index in [4.69, 9.17) is 4.74 Å². The summed E-state index contributed by atoms with van der Waals surface area (Å²) in [4.78, 5) is 14.1. The van der Waals surface area contributed by atoms with Gasteiger partial charge in [0.05, 0.1) is 17.7 Å². The molecule has 2 heterocycles. The van der Waals surface area contributed by atoms with E-state index in [1.54, 1.807) is 11.3 Å². The Hall–Kier alpha value is -1.07. The molecule has 1 aliphatic rings. The molecule has 0 radical (unpaired) electrons. The van der Waals surface area contributed by atoms with E-state index in [-0.39, 0.29) is 5.97 Å². The Morgan fingerprint density at radius 1 is 1.53 bits per heavy atom. The maximum atomic E-state index is 11.7. The number of carbonyl (C=O) groups excluding carboxylic acids is 1. The summed E-state index contributed by atoms with van der Waals surface area (Å²) < 4.78 is 4.83. The molecule has 19 heavy (non-hydrogen) atoms. The molecule has 1 saturated heterocycles. The van der Waals surface area contributed by atoms with Crippen LogP contribution in [0.1, 0.15) is 35.7 Å². The summed E-state index contributed by atoms with van der Waals surface area (Å²) in [5.74, 6) is -0.235. The van der Waals surface area contributed by atoms with Gasteiger partial charge >= 0.3 is 5.97 Å². The van der Waals surface area contributed by atoms with Crippen molar-refractivity contribution in [1.82, 2.24) is 5.32 Å². The molecule has 0 unspecified atom stereocenters. The molecular formula is C14H22N2O2S. The molecule has 0 bridgehead atoms. The van der Waals surface area contributed by atoms with Crippen molar-refractivity contribution in [2.75, 3.05) is 31.6 Å². The van der Waals surface area contributed by atoms with Crippen LogP contribution < -0.4 is 10.2 Å². The van der Waals surface area contributed by atoms with Crippen LogP contribution in [0.5, 0.6) is 0 Å². The van der Waals surface area contributed by atoms with Crippen molar-refractivity contribution in [3.05, 3.63) is 16.5 Å². The predicted molar refractivity (Wildman–Crippen MR) is 79.3 cm³/mol. The second kappa shape index (κ2) is 6.39.